The number of hydrogen-bond acceptors (Lipinski definition) is 3. The van der Waals surface area contributed by atoms with E-state index in [9.17, 15) is 18.0 Å². The van der Waals surface area contributed by atoms with Gasteiger partial charge in [-0.3, -0.25) is 0 Å². The van der Waals surface area contributed by atoms with Gasteiger partial charge in [0.1, 0.15) is 0 Å². The van der Waals surface area contributed by atoms with Crippen LogP contribution in [0.2, 0.25) is 0 Å². The lowest BCUT2D eigenvalue weighted by atomic mass is 10.1. The first kappa shape index (κ1) is 16.7. The van der Waals surface area contributed by atoms with E-state index in [2.05, 4.69) is 0 Å². The topological polar surface area (TPSA) is 40.5 Å². The highest BCUT2D eigenvalue weighted by molar-refractivity contribution is 7.98. The van der Waals surface area contributed by atoms with Gasteiger partial charge in [-0.15, -0.1) is 0 Å². The first-order chi connectivity index (χ1) is 9.18. The van der Waals surface area contributed by atoms with Crippen molar-refractivity contribution < 1.29 is 23.1 Å². The highest BCUT2D eigenvalue weighted by Crippen LogP contribution is 2.33. The Balaban J connectivity index is 3.24. The van der Waals surface area contributed by atoms with Crippen LogP contribution in [0.15, 0.2) is 18.2 Å². The zero-order valence-corrected chi connectivity index (χ0v) is 12.2. The summed E-state index contributed by atoms with van der Waals surface area (Å²) < 4.78 is 37.9. The summed E-state index contributed by atoms with van der Waals surface area (Å²) in [5.41, 5.74) is -1.01. The van der Waals surface area contributed by atoms with Gasteiger partial charge < -0.3 is 10.0 Å². The number of carbonyl (C=O) groups is 1. The fourth-order valence-electron chi connectivity index (χ4n) is 1.78. The fourth-order valence-corrected chi connectivity index (χ4v) is 2.49. The summed E-state index contributed by atoms with van der Waals surface area (Å²) in [5, 5.41) is 9.12. The van der Waals surface area contributed by atoms with Gasteiger partial charge >= 0.3 is 12.1 Å². The van der Waals surface area contributed by atoms with Crippen LogP contribution in [0.4, 0.5) is 18.9 Å². The molecule has 0 saturated heterocycles. The minimum absolute atomic E-state index is 0.0137. The zero-order valence-electron chi connectivity index (χ0n) is 11.4. The van der Waals surface area contributed by atoms with Crippen molar-refractivity contribution in [1.29, 1.82) is 0 Å². The molecule has 0 aliphatic carbocycles. The number of anilines is 1. The number of hydrogen-bond donors (Lipinski definition) is 1. The molecule has 1 unspecified atom stereocenters. The lowest BCUT2D eigenvalue weighted by Gasteiger charge is -2.28. The summed E-state index contributed by atoms with van der Waals surface area (Å²) in [6, 6.07) is 2.81. The Kier molecular flexibility index (Phi) is 5.33. The first-order valence-electron chi connectivity index (χ1n) is 5.84. The monoisotopic (exact) mass is 307 g/mol. The second-order valence-corrected chi connectivity index (χ2v) is 5.36. The van der Waals surface area contributed by atoms with Gasteiger partial charge in [0.25, 0.3) is 0 Å². The molecule has 3 nitrogen and oxygen atoms in total. The predicted octanol–water partition coefficient (Wildman–Crippen LogP) is 3.59. The second-order valence-electron chi connectivity index (χ2n) is 4.45. The third kappa shape index (κ3) is 3.82. The molecule has 0 aliphatic heterocycles. The molecule has 1 aromatic rings. The Hall–Kier alpha value is -1.37. The summed E-state index contributed by atoms with van der Waals surface area (Å²) in [5.74, 6) is -0.620. The maximum atomic E-state index is 12.6. The summed E-state index contributed by atoms with van der Waals surface area (Å²) in [4.78, 5) is 12.9. The Labute approximate surface area is 119 Å². The highest BCUT2D eigenvalue weighted by atomic mass is 32.2. The number of rotatable bonds is 5. The molecule has 7 heteroatoms. The van der Waals surface area contributed by atoms with Crippen molar-refractivity contribution in [2.45, 2.75) is 19.1 Å². The highest BCUT2D eigenvalue weighted by Gasteiger charge is 2.32. The van der Waals surface area contributed by atoms with Crippen molar-refractivity contribution >= 4 is 23.4 Å². The van der Waals surface area contributed by atoms with E-state index < -0.39 is 17.7 Å². The maximum Gasteiger partial charge on any atom is 0.416 e. The van der Waals surface area contributed by atoms with Crippen molar-refractivity contribution in [3.63, 3.8) is 0 Å². The minimum atomic E-state index is -4.55. The van der Waals surface area contributed by atoms with E-state index in [-0.39, 0.29) is 17.3 Å². The number of alkyl halides is 3. The third-order valence-electron chi connectivity index (χ3n) is 3.00. The number of carboxylic acid groups (broad SMARTS) is 1. The van der Waals surface area contributed by atoms with E-state index in [1.807, 2.05) is 13.2 Å². The van der Waals surface area contributed by atoms with E-state index in [4.69, 9.17) is 5.11 Å². The van der Waals surface area contributed by atoms with Gasteiger partial charge in [0.05, 0.1) is 16.8 Å². The molecular weight excluding hydrogens is 291 g/mol. The molecule has 0 heterocycles. The van der Waals surface area contributed by atoms with E-state index in [1.165, 1.54) is 6.07 Å². The Morgan fingerprint density at radius 3 is 2.50 bits per heavy atom. The standard InChI is InChI=1S/C13H16F3NO2S/c1-8(7-20-3)17(2)11-5-4-9(13(14,15)16)6-10(11)12(18)19/h4-6,8H,7H2,1-3H3,(H,18,19). The van der Waals surface area contributed by atoms with Crippen molar-refractivity contribution in [3.05, 3.63) is 29.3 Å². The molecule has 1 aromatic carbocycles. The van der Waals surface area contributed by atoms with Gasteiger partial charge in [-0.2, -0.15) is 24.9 Å². The van der Waals surface area contributed by atoms with Crippen molar-refractivity contribution in [2.24, 2.45) is 0 Å². The normalized spacial score (nSPS) is 13.1. The smallest absolute Gasteiger partial charge is 0.416 e. The molecule has 0 aromatic heterocycles. The second kappa shape index (κ2) is 6.39. The molecule has 20 heavy (non-hydrogen) atoms. The number of halogens is 3. The number of thioether (sulfide) groups is 1. The largest absolute Gasteiger partial charge is 0.478 e. The van der Waals surface area contributed by atoms with Gasteiger partial charge in [-0.05, 0) is 31.4 Å². The molecule has 0 spiro atoms. The summed E-state index contributed by atoms with van der Waals surface area (Å²) in [6.07, 6.45) is -2.64. The van der Waals surface area contributed by atoms with Crippen molar-refractivity contribution in [3.8, 4) is 0 Å². The molecule has 0 fully saturated rings. The van der Waals surface area contributed by atoms with Crippen LogP contribution in [0.25, 0.3) is 0 Å². The van der Waals surface area contributed by atoms with Gasteiger partial charge in [-0.25, -0.2) is 4.79 Å². The van der Waals surface area contributed by atoms with Crippen LogP contribution in [-0.2, 0) is 6.18 Å². The maximum absolute atomic E-state index is 12.6. The molecule has 112 valence electrons. The summed E-state index contributed by atoms with van der Waals surface area (Å²) in [6.45, 7) is 1.89. The van der Waals surface area contributed by atoms with Crippen LogP contribution < -0.4 is 4.90 Å². The number of carboxylic acids is 1. The summed E-state index contributed by atoms with van der Waals surface area (Å²) >= 11 is 1.59. The number of aromatic carboxylic acids is 1. The molecule has 1 N–H and O–H groups in total. The van der Waals surface area contributed by atoms with Gasteiger partial charge in [-0.1, -0.05) is 0 Å². The van der Waals surface area contributed by atoms with Crippen LogP contribution in [0.3, 0.4) is 0 Å². The average Bonchev–Trinajstić information content (AvgIpc) is 2.36. The fraction of sp³-hybridized carbons (Fsp3) is 0.462. The van der Waals surface area contributed by atoms with E-state index in [0.717, 1.165) is 11.8 Å². The van der Waals surface area contributed by atoms with Crippen LogP contribution in [0, 0.1) is 0 Å². The van der Waals surface area contributed by atoms with E-state index in [1.54, 1.807) is 23.7 Å². The Morgan fingerprint density at radius 2 is 2.05 bits per heavy atom. The molecule has 0 aliphatic rings. The van der Waals surface area contributed by atoms with Crippen molar-refractivity contribution in [1.82, 2.24) is 0 Å². The van der Waals surface area contributed by atoms with E-state index >= 15 is 0 Å². The predicted molar refractivity (Wildman–Crippen MR) is 74.7 cm³/mol. The van der Waals surface area contributed by atoms with Gasteiger partial charge in [0.2, 0.25) is 0 Å². The Morgan fingerprint density at radius 1 is 1.45 bits per heavy atom. The van der Waals surface area contributed by atoms with Crippen LogP contribution in [-0.4, -0.2) is 36.2 Å². The zero-order chi connectivity index (χ0) is 15.5. The van der Waals surface area contributed by atoms with Crippen LogP contribution in [0.1, 0.15) is 22.8 Å². The van der Waals surface area contributed by atoms with Crippen molar-refractivity contribution in [2.75, 3.05) is 24.0 Å². The summed E-state index contributed by atoms with van der Waals surface area (Å²) in [7, 11) is 1.68. The Bertz CT molecular complexity index is 491. The first-order valence-corrected chi connectivity index (χ1v) is 7.24. The molecule has 0 amide bonds. The molecular formula is C13H16F3NO2S. The van der Waals surface area contributed by atoms with E-state index in [0.29, 0.717) is 6.07 Å². The average molecular weight is 307 g/mol. The SMILES string of the molecule is CSCC(C)N(C)c1ccc(C(F)(F)F)cc1C(=O)O. The lowest BCUT2D eigenvalue weighted by molar-refractivity contribution is -0.137. The van der Waals surface area contributed by atoms with Gasteiger partial charge in [0.15, 0.2) is 0 Å². The molecule has 1 rings (SSSR count). The van der Waals surface area contributed by atoms with Gasteiger partial charge in [0, 0.05) is 18.8 Å². The third-order valence-corrected chi connectivity index (χ3v) is 3.82. The molecule has 0 saturated carbocycles. The molecule has 1 atom stereocenters. The lowest BCUT2D eigenvalue weighted by Crippen LogP contribution is -2.32. The quantitative estimate of drug-likeness (QED) is 0.902. The molecule has 0 bridgehead atoms. The minimum Gasteiger partial charge on any atom is -0.478 e. The van der Waals surface area contributed by atoms with Crippen LogP contribution in [0.5, 0.6) is 0 Å². The number of nitrogens with zero attached hydrogens (tertiary/aromatic N) is 1. The molecule has 0 radical (unpaired) electrons. The van der Waals surface area contributed by atoms with Crippen LogP contribution >= 0.6 is 11.8 Å². The number of benzene rings is 1.